The van der Waals surface area contributed by atoms with Crippen molar-refractivity contribution >= 4 is 17.8 Å². The molecule has 0 fully saturated rings. The van der Waals surface area contributed by atoms with Crippen molar-refractivity contribution in [2.75, 3.05) is 5.32 Å². The molecule has 2 aromatic heterocycles. The van der Waals surface area contributed by atoms with Crippen molar-refractivity contribution in [3.8, 4) is 0 Å². The van der Waals surface area contributed by atoms with Crippen LogP contribution in [0.2, 0.25) is 0 Å². The van der Waals surface area contributed by atoms with Crippen molar-refractivity contribution in [2.45, 2.75) is 32.4 Å². The summed E-state index contributed by atoms with van der Waals surface area (Å²) < 4.78 is 33.9. The lowest BCUT2D eigenvalue weighted by Crippen LogP contribution is -2.00. The van der Waals surface area contributed by atoms with Gasteiger partial charge in [0.2, 0.25) is 5.89 Å². The lowest BCUT2D eigenvalue weighted by Gasteiger charge is -2.06. The molecule has 4 rings (SSSR count). The summed E-state index contributed by atoms with van der Waals surface area (Å²) in [6, 6.07) is 11.7. The molecule has 2 aromatic carbocycles. The molecule has 0 amide bonds. The lowest BCUT2D eigenvalue weighted by atomic mass is 10.1. The molecule has 0 radical (unpaired) electrons. The quantitative estimate of drug-likeness (QED) is 0.340. The van der Waals surface area contributed by atoms with E-state index in [-0.39, 0.29) is 5.56 Å². The SMILES string of the molecule is Fc1ccc(C=Cc2nc(CNc3ccc(CCCCn4ccnn4)cc3)co2)c(F)c1. The fraction of sp³-hybridized carbons (Fsp3) is 0.208. The fourth-order valence-corrected chi connectivity index (χ4v) is 3.21. The highest BCUT2D eigenvalue weighted by atomic mass is 19.1. The highest BCUT2D eigenvalue weighted by Gasteiger charge is 2.04. The average molecular weight is 435 g/mol. The molecule has 8 heteroatoms. The van der Waals surface area contributed by atoms with E-state index in [1.165, 1.54) is 23.8 Å². The minimum Gasteiger partial charge on any atom is -0.445 e. The van der Waals surface area contributed by atoms with Crippen LogP contribution in [0.4, 0.5) is 14.5 Å². The largest absolute Gasteiger partial charge is 0.445 e. The normalized spacial score (nSPS) is 11.3. The zero-order valence-corrected chi connectivity index (χ0v) is 17.4. The van der Waals surface area contributed by atoms with Gasteiger partial charge in [-0.15, -0.1) is 5.10 Å². The molecule has 0 aliphatic rings. The van der Waals surface area contributed by atoms with Crippen molar-refractivity contribution in [3.05, 3.63) is 95.5 Å². The maximum absolute atomic E-state index is 13.7. The number of aromatic nitrogens is 4. The number of benzene rings is 2. The first-order valence-corrected chi connectivity index (χ1v) is 10.4. The van der Waals surface area contributed by atoms with Crippen molar-refractivity contribution < 1.29 is 13.2 Å². The first kappa shape index (κ1) is 21.4. The molecule has 0 saturated heterocycles. The highest BCUT2D eigenvalue weighted by molar-refractivity contribution is 5.66. The molecule has 164 valence electrons. The van der Waals surface area contributed by atoms with Gasteiger partial charge in [0.1, 0.15) is 17.9 Å². The van der Waals surface area contributed by atoms with E-state index in [1.54, 1.807) is 18.5 Å². The summed E-state index contributed by atoms with van der Waals surface area (Å²) in [4.78, 5) is 4.35. The predicted molar refractivity (Wildman–Crippen MR) is 119 cm³/mol. The van der Waals surface area contributed by atoms with E-state index in [2.05, 4.69) is 32.7 Å². The molecule has 0 unspecified atom stereocenters. The zero-order valence-electron chi connectivity index (χ0n) is 17.4. The van der Waals surface area contributed by atoms with Crippen LogP contribution in [0.15, 0.2) is 65.5 Å². The molecule has 0 bridgehead atoms. The number of nitrogens with one attached hydrogen (secondary N) is 1. The Hall–Kier alpha value is -3.81. The van der Waals surface area contributed by atoms with E-state index in [0.29, 0.717) is 12.4 Å². The number of oxazole rings is 1. The Bertz CT molecular complexity index is 1150. The molecule has 2 heterocycles. The van der Waals surface area contributed by atoms with Gasteiger partial charge in [0.15, 0.2) is 0 Å². The van der Waals surface area contributed by atoms with Gasteiger partial charge in [0, 0.05) is 36.1 Å². The van der Waals surface area contributed by atoms with Crippen LogP contribution >= 0.6 is 0 Å². The number of halogens is 2. The molecule has 1 N–H and O–H groups in total. The zero-order chi connectivity index (χ0) is 22.2. The van der Waals surface area contributed by atoms with Gasteiger partial charge >= 0.3 is 0 Å². The van der Waals surface area contributed by atoms with E-state index < -0.39 is 11.6 Å². The van der Waals surface area contributed by atoms with Gasteiger partial charge in [-0.3, -0.25) is 4.68 Å². The van der Waals surface area contributed by atoms with Crippen LogP contribution in [0.1, 0.15) is 35.6 Å². The van der Waals surface area contributed by atoms with E-state index in [0.717, 1.165) is 43.3 Å². The van der Waals surface area contributed by atoms with Gasteiger partial charge in [-0.25, -0.2) is 13.8 Å². The smallest absolute Gasteiger partial charge is 0.218 e. The molecule has 0 spiro atoms. The van der Waals surface area contributed by atoms with Crippen molar-refractivity contribution in [2.24, 2.45) is 0 Å². The topological polar surface area (TPSA) is 68.8 Å². The van der Waals surface area contributed by atoms with Gasteiger partial charge in [-0.2, -0.15) is 0 Å². The monoisotopic (exact) mass is 435 g/mol. The fourth-order valence-electron chi connectivity index (χ4n) is 3.21. The van der Waals surface area contributed by atoms with E-state index in [9.17, 15) is 8.78 Å². The predicted octanol–water partition coefficient (Wildman–Crippen LogP) is 5.35. The minimum atomic E-state index is -0.631. The third-order valence-corrected chi connectivity index (χ3v) is 4.94. The molecule has 0 aliphatic heterocycles. The number of nitrogens with zero attached hydrogens (tertiary/aromatic N) is 4. The number of rotatable bonds is 10. The molecule has 6 nitrogen and oxygen atoms in total. The summed E-state index contributed by atoms with van der Waals surface area (Å²) in [6.07, 6.45) is 11.3. The molecular formula is C24H23F2N5O. The van der Waals surface area contributed by atoms with E-state index in [4.69, 9.17) is 4.42 Å². The second kappa shape index (κ2) is 10.5. The number of hydrogen-bond acceptors (Lipinski definition) is 5. The standard InChI is InChI=1S/C24H23F2N5O/c25-20-8-6-19(23(26)15-20)7-11-24-29-22(17-32-24)16-27-21-9-4-18(5-10-21)3-1-2-13-31-14-12-28-30-31/h4-12,14-15,17,27H,1-3,13,16H2. The van der Waals surface area contributed by atoms with Crippen LogP contribution in [0.5, 0.6) is 0 Å². The van der Waals surface area contributed by atoms with Crippen LogP contribution in [0.3, 0.4) is 0 Å². The van der Waals surface area contributed by atoms with Crippen LogP contribution < -0.4 is 5.32 Å². The Balaban J connectivity index is 1.22. The summed E-state index contributed by atoms with van der Waals surface area (Å²) in [5.41, 5.74) is 3.27. The summed E-state index contributed by atoms with van der Waals surface area (Å²) in [5.74, 6) is -0.888. The van der Waals surface area contributed by atoms with Crippen LogP contribution in [-0.4, -0.2) is 20.0 Å². The van der Waals surface area contributed by atoms with Gasteiger partial charge in [-0.05, 0) is 55.2 Å². The highest BCUT2D eigenvalue weighted by Crippen LogP contribution is 2.16. The molecule has 4 aromatic rings. The van der Waals surface area contributed by atoms with Crippen molar-refractivity contribution in [3.63, 3.8) is 0 Å². The number of hydrogen-bond donors (Lipinski definition) is 1. The summed E-state index contributed by atoms with van der Waals surface area (Å²) in [7, 11) is 0. The maximum atomic E-state index is 13.7. The van der Waals surface area contributed by atoms with Gasteiger partial charge < -0.3 is 9.73 Å². The maximum Gasteiger partial charge on any atom is 0.218 e. The third-order valence-electron chi connectivity index (χ3n) is 4.94. The lowest BCUT2D eigenvalue weighted by molar-refractivity contribution is 0.541. The second-order valence-electron chi connectivity index (χ2n) is 7.35. The van der Waals surface area contributed by atoms with Gasteiger partial charge in [0.25, 0.3) is 0 Å². The molecule has 0 atom stereocenters. The molecule has 32 heavy (non-hydrogen) atoms. The summed E-state index contributed by atoms with van der Waals surface area (Å²) in [5, 5.41) is 11.1. The first-order chi connectivity index (χ1) is 15.7. The van der Waals surface area contributed by atoms with E-state index in [1.807, 2.05) is 23.0 Å². The minimum absolute atomic E-state index is 0.266. The van der Waals surface area contributed by atoms with Crippen molar-refractivity contribution in [1.82, 2.24) is 20.0 Å². The van der Waals surface area contributed by atoms with Gasteiger partial charge in [0.05, 0.1) is 18.4 Å². The number of unbranched alkanes of at least 4 members (excludes halogenated alkanes) is 1. The molecular weight excluding hydrogens is 412 g/mol. The Labute approximate surface area is 184 Å². The Kier molecular flexibility index (Phi) is 7.01. The van der Waals surface area contributed by atoms with E-state index >= 15 is 0 Å². The van der Waals surface area contributed by atoms with Crippen LogP contribution in [-0.2, 0) is 19.5 Å². The summed E-state index contributed by atoms with van der Waals surface area (Å²) >= 11 is 0. The van der Waals surface area contributed by atoms with Crippen LogP contribution in [0, 0.1) is 11.6 Å². The Morgan fingerprint density at radius 3 is 2.69 bits per heavy atom. The Morgan fingerprint density at radius 1 is 1.03 bits per heavy atom. The van der Waals surface area contributed by atoms with Crippen molar-refractivity contribution in [1.29, 1.82) is 0 Å². The Morgan fingerprint density at radius 2 is 1.91 bits per heavy atom. The third kappa shape index (κ3) is 6.10. The average Bonchev–Trinajstić information content (AvgIpc) is 3.48. The number of aryl methyl sites for hydroxylation is 2. The van der Waals surface area contributed by atoms with Gasteiger partial charge in [-0.1, -0.05) is 17.3 Å². The first-order valence-electron chi connectivity index (χ1n) is 10.4. The number of anilines is 1. The van der Waals surface area contributed by atoms with Crippen LogP contribution in [0.25, 0.3) is 12.2 Å². The summed E-state index contributed by atoms with van der Waals surface area (Å²) in [6.45, 7) is 1.38. The molecule has 0 saturated carbocycles. The molecule has 0 aliphatic carbocycles. The second-order valence-corrected chi connectivity index (χ2v) is 7.35.